The lowest BCUT2D eigenvalue weighted by molar-refractivity contribution is 0.898. The van der Waals surface area contributed by atoms with Crippen LogP contribution in [0.15, 0.2) is 85.1 Å². The Morgan fingerprint density at radius 1 is 1.05 bits per heavy atom. The first-order valence-corrected chi connectivity index (χ1v) is 6.75. The molecular weight excluding hydrogens is 228 g/mol. The standard InChI is InChI=1S/C19H26/c1-7-12-16(6)19(17(11-5)13-8-2)18(14-9-3)15-10-4/h7-9,11-15,19H,2,5-6,10H2,1,3-4H3/b12-7-,14-9-,17-13+,18-15+. The summed E-state index contributed by atoms with van der Waals surface area (Å²) in [6.45, 7) is 18.1. The topological polar surface area (TPSA) is 0 Å². The van der Waals surface area contributed by atoms with E-state index in [0.717, 1.165) is 17.6 Å². The average molecular weight is 254 g/mol. The van der Waals surface area contributed by atoms with Gasteiger partial charge in [0.1, 0.15) is 0 Å². The quantitative estimate of drug-likeness (QED) is 0.470. The summed E-state index contributed by atoms with van der Waals surface area (Å²) in [5.74, 6) is 0.142. The van der Waals surface area contributed by atoms with E-state index in [-0.39, 0.29) is 5.92 Å². The van der Waals surface area contributed by atoms with Gasteiger partial charge in [-0.05, 0) is 37.0 Å². The molecule has 0 heteroatoms. The molecule has 0 rings (SSSR count). The van der Waals surface area contributed by atoms with Crippen molar-refractivity contribution in [3.8, 4) is 0 Å². The van der Waals surface area contributed by atoms with Gasteiger partial charge in [-0.3, -0.25) is 0 Å². The third-order valence-electron chi connectivity index (χ3n) is 2.76. The molecule has 0 aromatic carbocycles. The second-order valence-corrected chi connectivity index (χ2v) is 4.23. The molecule has 0 fully saturated rings. The molecule has 0 spiro atoms. The molecule has 0 saturated heterocycles. The first-order chi connectivity index (χ1) is 9.15. The highest BCUT2D eigenvalue weighted by Gasteiger charge is 2.16. The van der Waals surface area contributed by atoms with E-state index in [9.17, 15) is 0 Å². The number of hydrogen-bond acceptors (Lipinski definition) is 0. The summed E-state index contributed by atoms with van der Waals surface area (Å²) in [5, 5.41) is 0. The fraction of sp³-hybridized carbons (Fsp3) is 0.263. The maximum absolute atomic E-state index is 4.20. The zero-order valence-corrected chi connectivity index (χ0v) is 12.5. The minimum absolute atomic E-state index is 0.142. The van der Waals surface area contributed by atoms with E-state index in [0.29, 0.717) is 0 Å². The van der Waals surface area contributed by atoms with Crippen molar-refractivity contribution in [3.63, 3.8) is 0 Å². The van der Waals surface area contributed by atoms with Crippen LogP contribution < -0.4 is 0 Å². The molecule has 0 amide bonds. The molecule has 0 saturated carbocycles. The van der Waals surface area contributed by atoms with Crippen molar-refractivity contribution < 1.29 is 0 Å². The van der Waals surface area contributed by atoms with E-state index < -0.39 is 0 Å². The second-order valence-electron chi connectivity index (χ2n) is 4.23. The molecule has 0 nitrogen and oxygen atoms in total. The highest BCUT2D eigenvalue weighted by Crippen LogP contribution is 2.30. The molecule has 0 N–H and O–H groups in total. The molecule has 0 aromatic heterocycles. The van der Waals surface area contributed by atoms with E-state index in [4.69, 9.17) is 0 Å². The predicted molar refractivity (Wildman–Crippen MR) is 89.1 cm³/mol. The van der Waals surface area contributed by atoms with Crippen molar-refractivity contribution in [1.29, 1.82) is 0 Å². The van der Waals surface area contributed by atoms with Crippen molar-refractivity contribution in [3.05, 3.63) is 85.1 Å². The third-order valence-corrected chi connectivity index (χ3v) is 2.76. The zero-order valence-electron chi connectivity index (χ0n) is 12.5. The molecule has 19 heavy (non-hydrogen) atoms. The Kier molecular flexibility index (Phi) is 9.16. The summed E-state index contributed by atoms with van der Waals surface area (Å²) in [4.78, 5) is 0. The fourth-order valence-electron chi connectivity index (χ4n) is 2.06. The van der Waals surface area contributed by atoms with Gasteiger partial charge in [-0.2, -0.15) is 0 Å². The molecule has 0 bridgehead atoms. The summed E-state index contributed by atoms with van der Waals surface area (Å²) < 4.78 is 0. The first-order valence-electron chi connectivity index (χ1n) is 6.75. The lowest BCUT2D eigenvalue weighted by atomic mass is 9.83. The van der Waals surface area contributed by atoms with Crippen LogP contribution in [0.3, 0.4) is 0 Å². The van der Waals surface area contributed by atoms with Crippen LogP contribution in [0.5, 0.6) is 0 Å². The first kappa shape index (κ1) is 17.2. The fourth-order valence-corrected chi connectivity index (χ4v) is 2.06. The summed E-state index contributed by atoms with van der Waals surface area (Å²) >= 11 is 0. The second kappa shape index (κ2) is 10.1. The summed E-state index contributed by atoms with van der Waals surface area (Å²) in [6.07, 6.45) is 17.2. The molecule has 0 aliphatic carbocycles. The van der Waals surface area contributed by atoms with Gasteiger partial charge >= 0.3 is 0 Å². The third kappa shape index (κ3) is 5.56. The SMILES string of the molecule is C=C/C=C(\C=C)C(C(=C)/C=C\C)C(/C=C\C)=C/CC. The van der Waals surface area contributed by atoms with Crippen molar-refractivity contribution >= 4 is 0 Å². The average Bonchev–Trinajstić information content (AvgIpc) is 2.39. The van der Waals surface area contributed by atoms with E-state index in [1.807, 2.05) is 32.1 Å². The number of hydrogen-bond donors (Lipinski definition) is 0. The van der Waals surface area contributed by atoms with E-state index in [1.165, 1.54) is 5.57 Å². The molecule has 0 heterocycles. The summed E-state index contributed by atoms with van der Waals surface area (Å²) in [5.41, 5.74) is 3.44. The van der Waals surface area contributed by atoms with Crippen LogP contribution in [0.2, 0.25) is 0 Å². The Morgan fingerprint density at radius 3 is 2.11 bits per heavy atom. The molecular formula is C19H26. The lowest BCUT2D eigenvalue weighted by Gasteiger charge is -2.21. The van der Waals surface area contributed by atoms with Crippen molar-refractivity contribution in [2.45, 2.75) is 27.2 Å². The Balaban J connectivity index is 5.79. The van der Waals surface area contributed by atoms with E-state index in [2.05, 4.69) is 51.0 Å². The minimum atomic E-state index is 0.142. The normalized spacial score (nSPS) is 14.9. The van der Waals surface area contributed by atoms with Gasteiger partial charge in [-0.1, -0.05) is 75.3 Å². The molecule has 0 aliphatic rings. The van der Waals surface area contributed by atoms with Gasteiger partial charge in [0.15, 0.2) is 0 Å². The van der Waals surface area contributed by atoms with Gasteiger partial charge in [0.25, 0.3) is 0 Å². The van der Waals surface area contributed by atoms with Crippen LogP contribution in [-0.2, 0) is 0 Å². The molecule has 0 radical (unpaired) electrons. The largest absolute Gasteiger partial charge is 0.0991 e. The Morgan fingerprint density at radius 2 is 1.68 bits per heavy atom. The summed E-state index contributed by atoms with van der Waals surface area (Å²) in [7, 11) is 0. The Hall–Kier alpha value is -1.82. The van der Waals surface area contributed by atoms with E-state index >= 15 is 0 Å². The van der Waals surface area contributed by atoms with Crippen LogP contribution in [0.1, 0.15) is 27.2 Å². The monoisotopic (exact) mass is 254 g/mol. The minimum Gasteiger partial charge on any atom is -0.0991 e. The lowest BCUT2D eigenvalue weighted by Crippen LogP contribution is -2.07. The number of rotatable bonds is 8. The molecule has 102 valence electrons. The van der Waals surface area contributed by atoms with Gasteiger partial charge < -0.3 is 0 Å². The van der Waals surface area contributed by atoms with E-state index in [1.54, 1.807) is 6.08 Å². The van der Waals surface area contributed by atoms with Gasteiger partial charge in [-0.25, -0.2) is 0 Å². The highest BCUT2D eigenvalue weighted by atomic mass is 14.2. The van der Waals surface area contributed by atoms with Crippen molar-refractivity contribution in [1.82, 2.24) is 0 Å². The van der Waals surface area contributed by atoms with Gasteiger partial charge in [0.2, 0.25) is 0 Å². The van der Waals surface area contributed by atoms with Crippen LogP contribution >= 0.6 is 0 Å². The maximum atomic E-state index is 4.20. The van der Waals surface area contributed by atoms with Gasteiger partial charge in [0.05, 0.1) is 0 Å². The molecule has 0 aromatic rings. The molecule has 1 unspecified atom stereocenters. The Labute approximate surface area is 118 Å². The predicted octanol–water partition coefficient (Wildman–Crippen LogP) is 5.95. The highest BCUT2D eigenvalue weighted by molar-refractivity contribution is 5.45. The van der Waals surface area contributed by atoms with Crippen LogP contribution in [0.25, 0.3) is 0 Å². The van der Waals surface area contributed by atoms with Crippen molar-refractivity contribution in [2.24, 2.45) is 5.92 Å². The van der Waals surface area contributed by atoms with Crippen molar-refractivity contribution in [2.75, 3.05) is 0 Å². The summed E-state index contributed by atoms with van der Waals surface area (Å²) in [6, 6.07) is 0. The smallest absolute Gasteiger partial charge is 0.0330 e. The van der Waals surface area contributed by atoms with Crippen LogP contribution in [-0.4, -0.2) is 0 Å². The van der Waals surface area contributed by atoms with Gasteiger partial charge in [-0.15, -0.1) is 0 Å². The van der Waals surface area contributed by atoms with Gasteiger partial charge in [0, 0.05) is 5.92 Å². The zero-order chi connectivity index (χ0) is 14.7. The van der Waals surface area contributed by atoms with Crippen LogP contribution in [0, 0.1) is 5.92 Å². The van der Waals surface area contributed by atoms with Crippen LogP contribution in [0.4, 0.5) is 0 Å². The molecule has 1 atom stereocenters. The molecule has 0 aliphatic heterocycles. The maximum Gasteiger partial charge on any atom is 0.0330 e. The Bertz CT molecular complexity index is 425. The number of allylic oxidation sites excluding steroid dienone is 11.